The lowest BCUT2D eigenvalue weighted by Gasteiger charge is -2.31. The minimum Gasteiger partial charge on any atom is -0.381 e. The van der Waals surface area contributed by atoms with E-state index < -0.39 is 5.79 Å². The van der Waals surface area contributed by atoms with Crippen LogP contribution in [0.25, 0.3) is 0 Å². The van der Waals surface area contributed by atoms with Gasteiger partial charge in [0.05, 0.1) is 0 Å². The zero-order valence-electron chi connectivity index (χ0n) is 11.6. The number of hydrogen-bond donors (Lipinski definition) is 4. The van der Waals surface area contributed by atoms with Crippen LogP contribution < -0.4 is 22.1 Å². The predicted octanol–water partition coefficient (Wildman–Crippen LogP) is -0.807. The molecule has 1 unspecified atom stereocenters. The van der Waals surface area contributed by atoms with Gasteiger partial charge in [-0.1, -0.05) is 6.07 Å². The van der Waals surface area contributed by atoms with Gasteiger partial charge in [-0.2, -0.15) is 4.99 Å². The normalized spacial score (nSPS) is 26.5. The van der Waals surface area contributed by atoms with Crippen molar-refractivity contribution in [2.45, 2.75) is 24.7 Å². The summed E-state index contributed by atoms with van der Waals surface area (Å²) in [5.41, 5.74) is 12.7. The van der Waals surface area contributed by atoms with E-state index in [9.17, 15) is 0 Å². The van der Waals surface area contributed by atoms with Gasteiger partial charge in [0.25, 0.3) is 0 Å². The Morgan fingerprint density at radius 1 is 1.33 bits per heavy atom. The van der Waals surface area contributed by atoms with Gasteiger partial charge in [0.15, 0.2) is 5.96 Å². The number of nitrogens with one attached hydrogen (secondary N) is 2. The average molecular weight is 289 g/mol. The van der Waals surface area contributed by atoms with Crippen LogP contribution in [0.4, 0.5) is 0 Å². The van der Waals surface area contributed by atoms with Crippen LogP contribution in [0.15, 0.2) is 34.4 Å². The van der Waals surface area contributed by atoms with Crippen LogP contribution in [-0.4, -0.2) is 36.2 Å². The number of nitrogens with two attached hydrogens (primary N) is 2. The molecule has 1 fully saturated rings. The van der Waals surface area contributed by atoms with Crippen molar-refractivity contribution < 1.29 is 4.74 Å². The van der Waals surface area contributed by atoms with Crippen molar-refractivity contribution in [3.8, 4) is 0 Å². The quantitative estimate of drug-likeness (QED) is 0.565. The van der Waals surface area contributed by atoms with Gasteiger partial charge in [-0.3, -0.25) is 10.7 Å². The van der Waals surface area contributed by atoms with Crippen LogP contribution in [0.2, 0.25) is 0 Å². The Labute approximate surface area is 122 Å². The number of rotatable bonds is 2. The maximum atomic E-state index is 6.28. The van der Waals surface area contributed by atoms with Gasteiger partial charge in [0, 0.05) is 25.5 Å². The molecule has 0 saturated carbocycles. The van der Waals surface area contributed by atoms with E-state index in [0.29, 0.717) is 11.7 Å². The first kappa shape index (κ1) is 13.8. The third-order valence-electron chi connectivity index (χ3n) is 3.44. The Morgan fingerprint density at radius 2 is 2.14 bits per heavy atom. The van der Waals surface area contributed by atoms with Crippen LogP contribution in [0, 0.1) is 0 Å². The van der Waals surface area contributed by atoms with E-state index in [-0.39, 0.29) is 12.0 Å². The van der Waals surface area contributed by atoms with Crippen molar-refractivity contribution in [2.75, 3.05) is 13.2 Å². The lowest BCUT2D eigenvalue weighted by atomic mass is 10.1. The number of pyridine rings is 1. The average Bonchev–Trinajstić information content (AvgIpc) is 2.48. The summed E-state index contributed by atoms with van der Waals surface area (Å²) >= 11 is 0. The number of guanidine groups is 2. The first-order valence-corrected chi connectivity index (χ1v) is 6.92. The lowest BCUT2D eigenvalue weighted by Crippen LogP contribution is -2.58. The van der Waals surface area contributed by atoms with E-state index in [2.05, 4.69) is 25.6 Å². The summed E-state index contributed by atoms with van der Waals surface area (Å²) in [5, 5.41) is 6.13. The molecule has 8 heteroatoms. The Kier molecular flexibility index (Phi) is 3.72. The van der Waals surface area contributed by atoms with Crippen LogP contribution in [0.3, 0.4) is 0 Å². The fourth-order valence-corrected chi connectivity index (χ4v) is 2.36. The number of aliphatic imine (C=N–C) groups is 2. The first-order chi connectivity index (χ1) is 10.2. The summed E-state index contributed by atoms with van der Waals surface area (Å²) in [6, 6.07) is 5.72. The van der Waals surface area contributed by atoms with Crippen LogP contribution in [0.1, 0.15) is 18.5 Å². The van der Waals surface area contributed by atoms with Crippen molar-refractivity contribution >= 4 is 11.9 Å². The molecule has 21 heavy (non-hydrogen) atoms. The summed E-state index contributed by atoms with van der Waals surface area (Å²) in [6.45, 7) is 1.47. The minimum absolute atomic E-state index is 0.215. The van der Waals surface area contributed by atoms with Gasteiger partial charge >= 0.3 is 0 Å². The van der Waals surface area contributed by atoms with Gasteiger partial charge in [0.1, 0.15) is 5.69 Å². The standard InChI is InChI=1S/C13H19N7O/c14-11-18-12(17-9-4-7-21-8-5-9)20-13(15,19-11)10-3-1-2-6-16-10/h1-3,6,9H,4-5,7-8,15H2,(H4,14,17,18,19,20). The lowest BCUT2D eigenvalue weighted by molar-refractivity contribution is 0.0823. The van der Waals surface area contributed by atoms with E-state index >= 15 is 0 Å². The number of nitrogens with zero attached hydrogens (tertiary/aromatic N) is 3. The summed E-state index contributed by atoms with van der Waals surface area (Å²) in [7, 11) is 0. The number of ether oxygens (including phenoxy) is 1. The molecule has 2 aliphatic heterocycles. The molecule has 0 spiro atoms. The molecule has 0 radical (unpaired) electrons. The fourth-order valence-electron chi connectivity index (χ4n) is 2.36. The number of hydrogen-bond acceptors (Lipinski definition) is 8. The molecule has 8 nitrogen and oxygen atoms in total. The number of aromatic nitrogens is 1. The van der Waals surface area contributed by atoms with Crippen LogP contribution >= 0.6 is 0 Å². The van der Waals surface area contributed by atoms with Crippen LogP contribution in [-0.2, 0) is 10.5 Å². The molecule has 3 rings (SSSR count). The third kappa shape index (κ3) is 3.11. The molecule has 0 amide bonds. The Balaban J connectivity index is 1.82. The van der Waals surface area contributed by atoms with Crippen molar-refractivity contribution in [2.24, 2.45) is 21.5 Å². The zero-order valence-corrected chi connectivity index (χ0v) is 11.6. The Hall–Kier alpha value is -2.19. The molecule has 6 N–H and O–H groups in total. The molecule has 0 aromatic carbocycles. The second-order valence-corrected chi connectivity index (χ2v) is 5.07. The third-order valence-corrected chi connectivity index (χ3v) is 3.44. The molecule has 0 bridgehead atoms. The highest BCUT2D eigenvalue weighted by atomic mass is 16.5. The highest BCUT2D eigenvalue weighted by molar-refractivity contribution is 5.96. The van der Waals surface area contributed by atoms with Gasteiger partial charge in [-0.25, -0.2) is 4.99 Å². The largest absolute Gasteiger partial charge is 0.381 e. The van der Waals surface area contributed by atoms with E-state index in [0.717, 1.165) is 26.1 Å². The summed E-state index contributed by atoms with van der Waals surface area (Å²) < 4.78 is 5.33. The molecular weight excluding hydrogens is 270 g/mol. The molecule has 1 aromatic rings. The summed E-state index contributed by atoms with van der Waals surface area (Å²) in [5.74, 6) is -0.570. The van der Waals surface area contributed by atoms with E-state index in [1.165, 1.54) is 0 Å². The first-order valence-electron chi connectivity index (χ1n) is 6.92. The van der Waals surface area contributed by atoms with Gasteiger partial charge in [0.2, 0.25) is 11.7 Å². The molecule has 3 heterocycles. The monoisotopic (exact) mass is 289 g/mol. The zero-order chi connectivity index (χ0) is 14.7. The summed E-state index contributed by atoms with van der Waals surface area (Å²) in [6.07, 6.45) is 3.47. The van der Waals surface area contributed by atoms with Crippen molar-refractivity contribution in [3.63, 3.8) is 0 Å². The van der Waals surface area contributed by atoms with Crippen LogP contribution in [0.5, 0.6) is 0 Å². The van der Waals surface area contributed by atoms with Crippen molar-refractivity contribution in [1.82, 2.24) is 15.6 Å². The maximum absolute atomic E-state index is 6.28. The van der Waals surface area contributed by atoms with Gasteiger partial charge < -0.3 is 21.1 Å². The van der Waals surface area contributed by atoms with Gasteiger partial charge in [-0.05, 0) is 25.0 Å². The van der Waals surface area contributed by atoms with E-state index in [1.807, 2.05) is 12.1 Å². The fraction of sp³-hybridized carbons (Fsp3) is 0.462. The van der Waals surface area contributed by atoms with Crippen molar-refractivity contribution in [3.05, 3.63) is 30.1 Å². The second-order valence-electron chi connectivity index (χ2n) is 5.07. The summed E-state index contributed by atoms with van der Waals surface area (Å²) in [4.78, 5) is 12.8. The van der Waals surface area contributed by atoms with Gasteiger partial charge in [-0.15, -0.1) is 0 Å². The minimum atomic E-state index is -1.21. The SMILES string of the molecule is NC1=NC(NC2CCOCC2)=NC(N)(c2ccccn2)N1. The molecule has 2 aliphatic rings. The van der Waals surface area contributed by atoms with Crippen molar-refractivity contribution in [1.29, 1.82) is 0 Å². The molecular formula is C13H19N7O. The van der Waals surface area contributed by atoms with E-state index in [4.69, 9.17) is 16.2 Å². The topological polar surface area (TPSA) is 123 Å². The Morgan fingerprint density at radius 3 is 2.86 bits per heavy atom. The predicted molar refractivity (Wildman–Crippen MR) is 79.3 cm³/mol. The molecule has 1 aromatic heterocycles. The molecule has 1 saturated heterocycles. The molecule has 0 aliphatic carbocycles. The Bertz CT molecular complexity index is 553. The smallest absolute Gasteiger partial charge is 0.232 e. The molecule has 1 atom stereocenters. The maximum Gasteiger partial charge on any atom is 0.232 e. The second kappa shape index (κ2) is 5.66. The van der Waals surface area contributed by atoms with E-state index in [1.54, 1.807) is 12.3 Å². The highest BCUT2D eigenvalue weighted by Gasteiger charge is 2.33. The highest BCUT2D eigenvalue weighted by Crippen LogP contribution is 2.17. The molecule has 112 valence electrons.